The molecule has 0 aliphatic rings. The number of fused-ring (bicyclic) bond motifs is 1. The Hall–Kier alpha value is -1.74. The monoisotopic (exact) mass is 372 g/mol. The number of benzene rings is 1. The van der Waals surface area contributed by atoms with Gasteiger partial charge in [0.15, 0.2) is 0 Å². The fourth-order valence-corrected chi connectivity index (χ4v) is 3.19. The van der Waals surface area contributed by atoms with Gasteiger partial charge in [-0.1, -0.05) is 34.5 Å². The maximum absolute atomic E-state index is 12.5. The molecule has 0 atom stereocenters. The molecule has 2 heterocycles. The number of ether oxygens (including phenoxy) is 1. The van der Waals surface area contributed by atoms with Crippen molar-refractivity contribution in [3.63, 3.8) is 0 Å². The van der Waals surface area contributed by atoms with E-state index in [0.29, 0.717) is 22.1 Å². The first kappa shape index (κ1) is 16.1. The van der Waals surface area contributed by atoms with E-state index in [1.54, 1.807) is 7.11 Å². The summed E-state index contributed by atoms with van der Waals surface area (Å²) in [5, 5.41) is 9.87. The van der Waals surface area contributed by atoms with E-state index in [9.17, 15) is 9.59 Å². The predicted octanol–water partition coefficient (Wildman–Crippen LogP) is 2.04. The first-order chi connectivity index (χ1) is 11.0. The maximum Gasteiger partial charge on any atom is 0.329 e. The number of H-pyrrole nitrogens is 1. The Labute approximate surface area is 143 Å². The standard InChI is InChI=1S/C13H10Cl2N4O3S/c1-22-5-11-18-17-10(23-11)4-19-12(20)6-2-7(14)8(15)3-9(6)16-13(19)21/h2-3H,4-5H2,1H3,(H,16,21). The van der Waals surface area contributed by atoms with Gasteiger partial charge in [-0.2, -0.15) is 0 Å². The third-order valence-electron chi connectivity index (χ3n) is 3.09. The Morgan fingerprint density at radius 2 is 1.91 bits per heavy atom. The molecule has 0 saturated heterocycles. The maximum atomic E-state index is 12.5. The highest BCUT2D eigenvalue weighted by atomic mass is 35.5. The summed E-state index contributed by atoms with van der Waals surface area (Å²) in [6.07, 6.45) is 0. The van der Waals surface area contributed by atoms with E-state index in [2.05, 4.69) is 15.2 Å². The van der Waals surface area contributed by atoms with Gasteiger partial charge in [-0.05, 0) is 12.1 Å². The van der Waals surface area contributed by atoms with Crippen LogP contribution < -0.4 is 11.2 Å². The fraction of sp³-hybridized carbons (Fsp3) is 0.231. The zero-order valence-corrected chi connectivity index (χ0v) is 14.1. The summed E-state index contributed by atoms with van der Waals surface area (Å²) in [4.78, 5) is 27.3. The number of rotatable bonds is 4. The Kier molecular flexibility index (Phi) is 4.49. The lowest BCUT2D eigenvalue weighted by Gasteiger charge is -2.05. The lowest BCUT2D eigenvalue weighted by Crippen LogP contribution is -2.35. The second-order valence-corrected chi connectivity index (χ2v) is 6.62. The van der Waals surface area contributed by atoms with Gasteiger partial charge in [-0.15, -0.1) is 10.2 Å². The Morgan fingerprint density at radius 3 is 2.65 bits per heavy atom. The molecule has 0 fully saturated rings. The molecule has 2 aromatic heterocycles. The molecule has 0 saturated carbocycles. The fourth-order valence-electron chi connectivity index (χ4n) is 2.06. The molecule has 3 rings (SSSR count). The highest BCUT2D eigenvalue weighted by molar-refractivity contribution is 7.11. The first-order valence-electron chi connectivity index (χ1n) is 6.41. The molecular formula is C13H10Cl2N4O3S. The van der Waals surface area contributed by atoms with Gasteiger partial charge in [0.1, 0.15) is 10.0 Å². The van der Waals surface area contributed by atoms with Crippen LogP contribution in [0.3, 0.4) is 0 Å². The average molecular weight is 373 g/mol. The molecule has 120 valence electrons. The van der Waals surface area contributed by atoms with Gasteiger partial charge in [0.05, 0.1) is 34.1 Å². The number of aromatic amines is 1. The summed E-state index contributed by atoms with van der Waals surface area (Å²) in [7, 11) is 1.55. The highest BCUT2D eigenvalue weighted by Crippen LogP contribution is 2.24. The average Bonchev–Trinajstić information content (AvgIpc) is 2.94. The van der Waals surface area contributed by atoms with Gasteiger partial charge in [-0.3, -0.25) is 9.36 Å². The van der Waals surface area contributed by atoms with Crippen LogP contribution in [0.15, 0.2) is 21.7 Å². The summed E-state index contributed by atoms with van der Waals surface area (Å²) < 4.78 is 6.01. The Bertz CT molecular complexity index is 995. The van der Waals surface area contributed by atoms with Crippen LogP contribution in [0, 0.1) is 0 Å². The molecule has 1 N–H and O–H groups in total. The summed E-state index contributed by atoms with van der Waals surface area (Å²) >= 11 is 13.1. The minimum atomic E-state index is -0.551. The van der Waals surface area contributed by atoms with E-state index < -0.39 is 11.2 Å². The van der Waals surface area contributed by atoms with Crippen LogP contribution in [-0.2, 0) is 17.9 Å². The van der Waals surface area contributed by atoms with E-state index in [4.69, 9.17) is 27.9 Å². The molecule has 1 aromatic carbocycles. The molecule has 0 aliphatic carbocycles. The van der Waals surface area contributed by atoms with Gasteiger partial charge >= 0.3 is 5.69 Å². The summed E-state index contributed by atoms with van der Waals surface area (Å²) in [6, 6.07) is 2.89. The number of methoxy groups -OCH3 is 1. The van der Waals surface area contributed by atoms with Crippen LogP contribution >= 0.6 is 34.5 Å². The van der Waals surface area contributed by atoms with Crippen molar-refractivity contribution >= 4 is 45.4 Å². The lowest BCUT2D eigenvalue weighted by molar-refractivity contribution is 0.184. The van der Waals surface area contributed by atoms with Crippen molar-refractivity contribution in [2.24, 2.45) is 0 Å². The molecule has 0 spiro atoms. The second-order valence-electron chi connectivity index (χ2n) is 4.66. The number of halogens is 2. The molecule has 10 heteroatoms. The van der Waals surface area contributed by atoms with Gasteiger partial charge < -0.3 is 9.72 Å². The summed E-state index contributed by atoms with van der Waals surface area (Å²) in [5.74, 6) is 0. The van der Waals surface area contributed by atoms with Gasteiger partial charge in [0.2, 0.25) is 0 Å². The van der Waals surface area contributed by atoms with Gasteiger partial charge in [0, 0.05) is 7.11 Å². The van der Waals surface area contributed by atoms with Crippen molar-refractivity contribution in [3.05, 3.63) is 53.0 Å². The third kappa shape index (κ3) is 3.16. The van der Waals surface area contributed by atoms with Crippen LogP contribution in [0.2, 0.25) is 10.0 Å². The third-order valence-corrected chi connectivity index (χ3v) is 4.70. The van der Waals surface area contributed by atoms with Crippen molar-refractivity contribution in [1.29, 1.82) is 0 Å². The van der Waals surface area contributed by atoms with Crippen LogP contribution in [0.4, 0.5) is 0 Å². The predicted molar refractivity (Wildman–Crippen MR) is 88.6 cm³/mol. The Balaban J connectivity index is 2.08. The van der Waals surface area contributed by atoms with Gasteiger partial charge in [-0.25, -0.2) is 4.79 Å². The van der Waals surface area contributed by atoms with E-state index in [-0.39, 0.29) is 22.0 Å². The summed E-state index contributed by atoms with van der Waals surface area (Å²) in [5.41, 5.74) is -0.682. The van der Waals surface area contributed by atoms with Crippen molar-refractivity contribution < 1.29 is 4.74 Å². The zero-order valence-electron chi connectivity index (χ0n) is 11.8. The van der Waals surface area contributed by atoms with Crippen molar-refractivity contribution in [1.82, 2.24) is 19.7 Å². The highest BCUT2D eigenvalue weighted by Gasteiger charge is 2.13. The number of hydrogen-bond acceptors (Lipinski definition) is 6. The quantitative estimate of drug-likeness (QED) is 0.756. The van der Waals surface area contributed by atoms with E-state index in [0.717, 1.165) is 4.57 Å². The van der Waals surface area contributed by atoms with Crippen LogP contribution in [-0.4, -0.2) is 26.9 Å². The molecule has 7 nitrogen and oxygen atoms in total. The van der Waals surface area contributed by atoms with E-state index in [1.165, 1.54) is 23.5 Å². The van der Waals surface area contributed by atoms with Crippen molar-refractivity contribution in [3.8, 4) is 0 Å². The molecular weight excluding hydrogens is 363 g/mol. The smallest absolute Gasteiger partial charge is 0.329 e. The molecule has 0 radical (unpaired) electrons. The molecule has 3 aromatic rings. The first-order valence-corrected chi connectivity index (χ1v) is 7.99. The number of aromatic nitrogens is 4. The van der Waals surface area contributed by atoms with E-state index in [1.807, 2.05) is 0 Å². The zero-order chi connectivity index (χ0) is 16.6. The summed E-state index contributed by atoms with van der Waals surface area (Å²) in [6.45, 7) is 0.348. The number of nitrogens with one attached hydrogen (secondary N) is 1. The molecule has 0 bridgehead atoms. The number of hydrogen-bond donors (Lipinski definition) is 1. The second kappa shape index (κ2) is 6.40. The van der Waals surface area contributed by atoms with Crippen LogP contribution in [0.5, 0.6) is 0 Å². The minimum absolute atomic E-state index is 0.0196. The van der Waals surface area contributed by atoms with E-state index >= 15 is 0 Å². The van der Waals surface area contributed by atoms with Crippen molar-refractivity contribution in [2.75, 3.05) is 7.11 Å². The van der Waals surface area contributed by atoms with Crippen LogP contribution in [0.25, 0.3) is 10.9 Å². The SMILES string of the molecule is COCc1nnc(Cn2c(=O)[nH]c3cc(Cl)c(Cl)cc3c2=O)s1. The lowest BCUT2D eigenvalue weighted by atomic mass is 10.2. The molecule has 23 heavy (non-hydrogen) atoms. The molecule has 0 unspecified atom stereocenters. The van der Waals surface area contributed by atoms with Gasteiger partial charge in [0.25, 0.3) is 5.56 Å². The molecule has 0 amide bonds. The normalized spacial score (nSPS) is 11.3. The number of nitrogens with zero attached hydrogens (tertiary/aromatic N) is 3. The van der Waals surface area contributed by atoms with Crippen LogP contribution in [0.1, 0.15) is 10.0 Å². The topological polar surface area (TPSA) is 89.9 Å². The minimum Gasteiger partial charge on any atom is -0.377 e. The Morgan fingerprint density at radius 1 is 1.22 bits per heavy atom. The largest absolute Gasteiger partial charge is 0.377 e. The molecule has 0 aliphatic heterocycles. The van der Waals surface area contributed by atoms with Crippen molar-refractivity contribution in [2.45, 2.75) is 13.2 Å².